The van der Waals surface area contributed by atoms with Gasteiger partial charge in [0.25, 0.3) is 0 Å². The number of hydrogen-bond donors (Lipinski definition) is 0. The molecule has 0 unspecified atom stereocenters. The van der Waals surface area contributed by atoms with Crippen molar-refractivity contribution in [1.82, 2.24) is 4.90 Å². The lowest BCUT2D eigenvalue weighted by atomic mass is 9.99. The Kier molecular flexibility index (Phi) is 5.87. The normalized spacial score (nSPS) is 15.4. The Morgan fingerprint density at radius 2 is 1.82 bits per heavy atom. The van der Waals surface area contributed by atoms with Crippen LogP contribution in [0.25, 0.3) is 0 Å². The van der Waals surface area contributed by atoms with Crippen LogP contribution >= 0.6 is 22.6 Å². The maximum absolute atomic E-state index is 5.40. The van der Waals surface area contributed by atoms with Gasteiger partial charge in [-0.1, -0.05) is 72.0 Å². The second kappa shape index (κ2) is 7.47. The van der Waals surface area contributed by atoms with Crippen molar-refractivity contribution in [1.29, 1.82) is 0 Å². The molecular formula is C19H24INO. The van der Waals surface area contributed by atoms with Crippen molar-refractivity contribution in [3.8, 4) is 5.75 Å². The molecule has 2 nitrogen and oxygen atoms in total. The molecule has 0 radical (unpaired) electrons. The molecule has 0 N–H and O–H groups in total. The van der Waals surface area contributed by atoms with Crippen LogP contribution in [0, 0.1) is 0 Å². The number of alkyl halides is 1. The summed E-state index contributed by atoms with van der Waals surface area (Å²) in [6.45, 7) is 4.50. The second-order valence-corrected chi connectivity index (χ2v) is 7.33. The summed E-state index contributed by atoms with van der Waals surface area (Å²) in [5, 5.41) is 0. The average molecular weight is 409 g/mol. The highest BCUT2D eigenvalue weighted by molar-refractivity contribution is 14.1. The zero-order valence-corrected chi connectivity index (χ0v) is 15.9. The van der Waals surface area contributed by atoms with Gasteiger partial charge in [0.05, 0.1) is 10.7 Å². The van der Waals surface area contributed by atoms with Crippen molar-refractivity contribution in [2.45, 2.75) is 29.9 Å². The van der Waals surface area contributed by atoms with Gasteiger partial charge >= 0.3 is 0 Å². The average Bonchev–Trinajstić information content (AvgIpc) is 2.60. The Morgan fingerprint density at radius 1 is 1.14 bits per heavy atom. The van der Waals surface area contributed by atoms with E-state index in [-0.39, 0.29) is 3.55 Å². The lowest BCUT2D eigenvalue weighted by Crippen LogP contribution is -2.39. The minimum absolute atomic E-state index is 0.0679. The number of rotatable bonds is 6. The largest absolute Gasteiger partial charge is 0.497 e. The molecule has 0 aliphatic heterocycles. The molecule has 2 aromatic rings. The number of nitrogens with zero attached hydrogens (tertiary/aromatic N) is 1. The van der Waals surface area contributed by atoms with E-state index in [2.05, 4.69) is 96.9 Å². The van der Waals surface area contributed by atoms with Crippen LogP contribution in [-0.2, 0) is 3.55 Å². The molecule has 2 rings (SSSR count). The van der Waals surface area contributed by atoms with E-state index in [0.29, 0.717) is 6.04 Å². The van der Waals surface area contributed by atoms with Crippen LogP contribution in [0.1, 0.15) is 37.4 Å². The highest BCUT2D eigenvalue weighted by Crippen LogP contribution is 2.43. The van der Waals surface area contributed by atoms with E-state index in [0.717, 1.165) is 12.2 Å². The monoisotopic (exact) mass is 409 g/mol. The van der Waals surface area contributed by atoms with E-state index in [4.69, 9.17) is 4.74 Å². The van der Waals surface area contributed by atoms with Gasteiger partial charge in [-0.2, -0.15) is 0 Å². The first-order valence-corrected chi connectivity index (χ1v) is 8.72. The molecule has 118 valence electrons. The van der Waals surface area contributed by atoms with Crippen LogP contribution in [0.4, 0.5) is 0 Å². The van der Waals surface area contributed by atoms with Gasteiger partial charge in [-0.25, -0.2) is 0 Å². The van der Waals surface area contributed by atoms with Gasteiger partial charge in [-0.05, 0) is 43.7 Å². The quantitative estimate of drug-likeness (QED) is 0.361. The Labute approximate surface area is 147 Å². The highest BCUT2D eigenvalue weighted by Gasteiger charge is 2.35. The zero-order valence-electron chi connectivity index (χ0n) is 13.7. The number of ether oxygens (including phenoxy) is 1. The SMILES string of the molecule is CC[C@](I)(c1cccc(OC)c1)N(C)[C@@H](C)c1ccccc1. The van der Waals surface area contributed by atoms with E-state index in [9.17, 15) is 0 Å². The molecule has 0 heterocycles. The molecule has 0 saturated carbocycles. The van der Waals surface area contributed by atoms with Crippen molar-refractivity contribution in [2.75, 3.05) is 14.2 Å². The Balaban J connectivity index is 2.36. The van der Waals surface area contributed by atoms with Crippen LogP contribution in [0.3, 0.4) is 0 Å². The fourth-order valence-corrected chi connectivity index (χ4v) is 3.53. The van der Waals surface area contributed by atoms with Crippen LogP contribution < -0.4 is 4.74 Å². The first-order chi connectivity index (χ1) is 10.5. The standard InChI is InChI=1S/C19H24INO/c1-5-19(20,17-12-9-13-18(14-17)22-4)21(3)15(2)16-10-7-6-8-11-16/h6-15H,5H2,1-4H3/t15-,19+/m0/s1. The summed E-state index contributed by atoms with van der Waals surface area (Å²) < 4.78 is 5.33. The van der Waals surface area contributed by atoms with E-state index >= 15 is 0 Å². The van der Waals surface area contributed by atoms with Crippen LogP contribution in [0.5, 0.6) is 5.75 Å². The molecule has 0 amide bonds. The lowest BCUT2D eigenvalue weighted by molar-refractivity contribution is 0.165. The van der Waals surface area contributed by atoms with Crippen molar-refractivity contribution >= 4 is 22.6 Å². The van der Waals surface area contributed by atoms with E-state index < -0.39 is 0 Å². The summed E-state index contributed by atoms with van der Waals surface area (Å²) >= 11 is 2.58. The molecule has 22 heavy (non-hydrogen) atoms. The molecule has 3 heteroatoms. The summed E-state index contributed by atoms with van der Waals surface area (Å²) in [6, 6.07) is 19.4. The first kappa shape index (κ1) is 17.3. The Hall–Kier alpha value is -1.07. The molecule has 0 saturated heterocycles. The Bertz CT molecular complexity index is 601. The number of halogens is 1. The molecule has 0 bridgehead atoms. The minimum Gasteiger partial charge on any atom is -0.497 e. The topological polar surface area (TPSA) is 12.5 Å². The van der Waals surface area contributed by atoms with Gasteiger partial charge in [-0.15, -0.1) is 0 Å². The summed E-state index contributed by atoms with van der Waals surface area (Å²) in [7, 11) is 3.92. The van der Waals surface area contributed by atoms with E-state index in [1.807, 2.05) is 6.07 Å². The van der Waals surface area contributed by atoms with Crippen molar-refractivity contribution in [3.63, 3.8) is 0 Å². The van der Waals surface area contributed by atoms with Gasteiger partial charge in [0.1, 0.15) is 5.75 Å². The third-order valence-corrected chi connectivity index (χ3v) is 6.55. The molecule has 0 spiro atoms. The molecule has 2 aromatic carbocycles. The van der Waals surface area contributed by atoms with Crippen LogP contribution in [0.15, 0.2) is 54.6 Å². The van der Waals surface area contributed by atoms with E-state index in [1.165, 1.54) is 11.1 Å². The van der Waals surface area contributed by atoms with E-state index in [1.54, 1.807) is 7.11 Å². The summed E-state index contributed by atoms with van der Waals surface area (Å²) in [4.78, 5) is 2.44. The Morgan fingerprint density at radius 3 is 2.41 bits per heavy atom. The summed E-state index contributed by atoms with van der Waals surface area (Å²) in [5.41, 5.74) is 2.61. The van der Waals surface area contributed by atoms with Crippen LogP contribution in [-0.4, -0.2) is 19.1 Å². The van der Waals surface area contributed by atoms with Gasteiger partial charge in [0.2, 0.25) is 0 Å². The smallest absolute Gasteiger partial charge is 0.119 e. The molecule has 0 fully saturated rings. The van der Waals surface area contributed by atoms with Crippen LogP contribution in [0.2, 0.25) is 0 Å². The maximum Gasteiger partial charge on any atom is 0.119 e. The molecular weight excluding hydrogens is 385 g/mol. The minimum atomic E-state index is -0.0679. The predicted octanol–water partition coefficient (Wildman–Crippen LogP) is 5.39. The first-order valence-electron chi connectivity index (χ1n) is 7.64. The fourth-order valence-electron chi connectivity index (χ4n) is 2.78. The molecule has 0 aliphatic carbocycles. The third kappa shape index (κ3) is 3.46. The van der Waals surface area contributed by atoms with Crippen molar-refractivity contribution in [3.05, 3.63) is 65.7 Å². The molecule has 0 aliphatic rings. The maximum atomic E-state index is 5.40. The number of benzene rings is 2. The van der Waals surface area contributed by atoms with Gasteiger partial charge in [0, 0.05) is 6.04 Å². The van der Waals surface area contributed by atoms with Gasteiger partial charge in [0.15, 0.2) is 0 Å². The lowest BCUT2D eigenvalue weighted by Gasteiger charge is -2.41. The number of methoxy groups -OCH3 is 1. The predicted molar refractivity (Wildman–Crippen MR) is 102 cm³/mol. The third-order valence-electron chi connectivity index (χ3n) is 4.40. The molecule has 2 atom stereocenters. The highest BCUT2D eigenvalue weighted by atomic mass is 127. The second-order valence-electron chi connectivity index (χ2n) is 5.54. The summed E-state index contributed by atoms with van der Waals surface area (Å²) in [5.74, 6) is 0.910. The van der Waals surface area contributed by atoms with Gasteiger partial charge in [-0.3, -0.25) is 4.90 Å². The van der Waals surface area contributed by atoms with Crippen molar-refractivity contribution in [2.24, 2.45) is 0 Å². The molecule has 0 aromatic heterocycles. The van der Waals surface area contributed by atoms with Gasteiger partial charge < -0.3 is 4.74 Å². The fraction of sp³-hybridized carbons (Fsp3) is 0.368. The number of hydrogen-bond acceptors (Lipinski definition) is 2. The summed E-state index contributed by atoms with van der Waals surface area (Å²) in [6.07, 6.45) is 1.02. The van der Waals surface area contributed by atoms with Crippen molar-refractivity contribution < 1.29 is 4.74 Å². The zero-order chi connectivity index (χ0) is 16.2.